The van der Waals surface area contributed by atoms with E-state index in [1.807, 2.05) is 56.3 Å². The number of aliphatic carboxylic acids is 1. The van der Waals surface area contributed by atoms with Crippen molar-refractivity contribution in [3.63, 3.8) is 0 Å². The Morgan fingerprint density at radius 3 is 2.59 bits per heavy atom. The summed E-state index contributed by atoms with van der Waals surface area (Å²) in [6, 6.07) is 18.3. The van der Waals surface area contributed by atoms with Crippen molar-refractivity contribution in [1.29, 1.82) is 0 Å². The zero-order chi connectivity index (χ0) is 28.0. The molecule has 0 unspecified atom stereocenters. The van der Waals surface area contributed by atoms with Crippen LogP contribution in [0.2, 0.25) is 0 Å². The van der Waals surface area contributed by atoms with Crippen LogP contribution in [-0.4, -0.2) is 31.4 Å². The van der Waals surface area contributed by atoms with Crippen LogP contribution in [0.3, 0.4) is 0 Å². The number of ether oxygens (including phenoxy) is 3. The highest BCUT2D eigenvalue weighted by atomic mass is 19.1. The molecule has 0 aromatic heterocycles. The first-order valence-electron chi connectivity index (χ1n) is 13.1. The largest absolute Gasteiger partial charge is 0.497 e. The number of terminal acetylenes is 1. The highest BCUT2D eigenvalue weighted by Gasteiger charge is 2.34. The van der Waals surface area contributed by atoms with Gasteiger partial charge in [0.2, 0.25) is 0 Å². The van der Waals surface area contributed by atoms with Crippen molar-refractivity contribution in [2.75, 3.05) is 20.3 Å². The van der Waals surface area contributed by atoms with E-state index in [4.69, 9.17) is 20.6 Å². The van der Waals surface area contributed by atoms with Crippen molar-refractivity contribution in [3.05, 3.63) is 83.2 Å². The van der Waals surface area contributed by atoms with Crippen molar-refractivity contribution in [3.8, 4) is 35.0 Å². The van der Waals surface area contributed by atoms with Crippen LogP contribution in [0.5, 0.6) is 11.5 Å². The highest BCUT2D eigenvalue weighted by molar-refractivity contribution is 5.71. The average Bonchev–Trinajstić information content (AvgIpc) is 3.76. The van der Waals surface area contributed by atoms with Gasteiger partial charge >= 0.3 is 5.97 Å². The second kappa shape index (κ2) is 12.4. The highest BCUT2D eigenvalue weighted by Crippen LogP contribution is 2.45. The van der Waals surface area contributed by atoms with E-state index in [-0.39, 0.29) is 24.8 Å². The van der Waals surface area contributed by atoms with E-state index in [9.17, 15) is 9.90 Å². The maximum absolute atomic E-state index is 15.0. The standard InChI is InChI=1S/C33H35FO5/c1-5-15-38-21-33(2,3)30-16-22(9-13-27(30)29-18-25(37-4)12-14-31(29)34)20-39-26-8-6-7-24(17-26)28(19-32(35)36)23-10-11-23/h1,6-9,12-14,16-18,23,28H,10-11,15,19-21H2,2-4H3,(H,35,36)/t28-/m0/s1. The topological polar surface area (TPSA) is 65.0 Å². The van der Waals surface area contributed by atoms with Gasteiger partial charge < -0.3 is 19.3 Å². The van der Waals surface area contributed by atoms with E-state index < -0.39 is 11.4 Å². The Bertz CT molecular complexity index is 1350. The minimum absolute atomic E-state index is 0.00138. The molecule has 1 aliphatic rings. The molecule has 0 saturated heterocycles. The van der Waals surface area contributed by atoms with Crippen molar-refractivity contribution in [2.45, 2.75) is 51.0 Å². The number of methoxy groups -OCH3 is 1. The molecule has 5 nitrogen and oxygen atoms in total. The van der Waals surface area contributed by atoms with Crippen LogP contribution in [0, 0.1) is 24.1 Å². The summed E-state index contributed by atoms with van der Waals surface area (Å²) in [5, 5.41) is 9.37. The molecule has 3 aromatic rings. The normalized spacial score (nSPS) is 13.9. The van der Waals surface area contributed by atoms with Gasteiger partial charge in [0.1, 0.15) is 30.5 Å². The Hall–Kier alpha value is -3.82. The molecule has 0 amide bonds. The summed E-state index contributed by atoms with van der Waals surface area (Å²) >= 11 is 0. The van der Waals surface area contributed by atoms with Crippen LogP contribution in [0.15, 0.2) is 60.7 Å². The first-order chi connectivity index (χ1) is 18.7. The average molecular weight is 531 g/mol. The summed E-state index contributed by atoms with van der Waals surface area (Å²) in [4.78, 5) is 11.4. The zero-order valence-electron chi connectivity index (χ0n) is 22.7. The molecular weight excluding hydrogens is 495 g/mol. The smallest absolute Gasteiger partial charge is 0.303 e. The van der Waals surface area contributed by atoms with Gasteiger partial charge in [-0.15, -0.1) is 6.42 Å². The Kier molecular flexibility index (Phi) is 8.93. The first kappa shape index (κ1) is 28.2. The van der Waals surface area contributed by atoms with Gasteiger partial charge in [-0.1, -0.05) is 50.1 Å². The summed E-state index contributed by atoms with van der Waals surface area (Å²) in [5.41, 5.74) is 3.51. The molecule has 1 saturated carbocycles. The lowest BCUT2D eigenvalue weighted by molar-refractivity contribution is -0.137. The maximum Gasteiger partial charge on any atom is 0.303 e. The number of rotatable bonds is 13. The quantitative estimate of drug-likeness (QED) is 0.191. The summed E-state index contributed by atoms with van der Waals surface area (Å²) < 4.78 is 32.2. The fraction of sp³-hybridized carbons (Fsp3) is 0.364. The molecule has 39 heavy (non-hydrogen) atoms. The van der Waals surface area contributed by atoms with Gasteiger partial charge in [0.05, 0.1) is 20.1 Å². The monoisotopic (exact) mass is 530 g/mol. The predicted octanol–water partition coefficient (Wildman–Crippen LogP) is 6.98. The lowest BCUT2D eigenvalue weighted by atomic mass is 9.79. The molecule has 3 aromatic carbocycles. The molecule has 1 atom stereocenters. The van der Waals surface area contributed by atoms with Crippen LogP contribution < -0.4 is 9.47 Å². The molecule has 6 heteroatoms. The van der Waals surface area contributed by atoms with Gasteiger partial charge in [0.15, 0.2) is 0 Å². The van der Waals surface area contributed by atoms with Crippen LogP contribution in [-0.2, 0) is 21.6 Å². The van der Waals surface area contributed by atoms with E-state index >= 15 is 4.39 Å². The summed E-state index contributed by atoms with van der Waals surface area (Å²) in [6.45, 7) is 4.92. The molecule has 4 rings (SSSR count). The minimum atomic E-state index is -0.785. The number of benzene rings is 3. The number of halogens is 1. The van der Waals surface area contributed by atoms with Crippen LogP contribution in [0.25, 0.3) is 11.1 Å². The van der Waals surface area contributed by atoms with Crippen LogP contribution >= 0.6 is 0 Å². The molecule has 0 aliphatic heterocycles. The molecule has 1 N–H and O–H groups in total. The van der Waals surface area contributed by atoms with Gasteiger partial charge in [-0.05, 0) is 77.3 Å². The second-order valence-electron chi connectivity index (χ2n) is 10.7. The molecule has 1 aliphatic carbocycles. The van der Waals surface area contributed by atoms with Gasteiger partial charge in [0.25, 0.3) is 0 Å². The SMILES string of the molecule is C#CCOCC(C)(C)c1cc(COc2cccc([C@@H](CC(=O)O)C3CC3)c2)ccc1-c1cc(OC)ccc1F. The third-order valence-corrected chi connectivity index (χ3v) is 7.20. The molecule has 0 radical (unpaired) electrons. The van der Waals surface area contributed by atoms with Crippen molar-refractivity contribution in [2.24, 2.45) is 5.92 Å². The van der Waals surface area contributed by atoms with Crippen molar-refractivity contribution in [1.82, 2.24) is 0 Å². The minimum Gasteiger partial charge on any atom is -0.497 e. The summed E-state index contributed by atoms with van der Waals surface area (Å²) in [7, 11) is 1.56. The van der Waals surface area contributed by atoms with Crippen molar-refractivity contribution < 1.29 is 28.5 Å². The van der Waals surface area contributed by atoms with Gasteiger partial charge in [-0.25, -0.2) is 4.39 Å². The molecule has 204 valence electrons. The first-order valence-corrected chi connectivity index (χ1v) is 13.1. The van der Waals surface area contributed by atoms with Crippen LogP contribution in [0.4, 0.5) is 4.39 Å². The molecule has 1 fully saturated rings. The summed E-state index contributed by atoms with van der Waals surface area (Å²) in [6.07, 6.45) is 7.62. The number of carboxylic acids is 1. The van der Waals surface area contributed by atoms with E-state index in [1.54, 1.807) is 19.2 Å². The lowest BCUT2D eigenvalue weighted by Gasteiger charge is -2.28. The molecular formula is C33H35FO5. The number of carbonyl (C=O) groups is 1. The van der Waals surface area contributed by atoms with Crippen LogP contribution in [0.1, 0.15) is 55.7 Å². The Morgan fingerprint density at radius 1 is 1.10 bits per heavy atom. The summed E-state index contributed by atoms with van der Waals surface area (Å²) in [5.74, 6) is 3.04. The predicted molar refractivity (Wildman–Crippen MR) is 150 cm³/mol. The fourth-order valence-electron chi connectivity index (χ4n) is 5.00. The maximum atomic E-state index is 15.0. The fourth-order valence-corrected chi connectivity index (χ4v) is 5.00. The number of hydrogen-bond acceptors (Lipinski definition) is 4. The van der Waals surface area contributed by atoms with E-state index in [0.29, 0.717) is 36.2 Å². The van der Waals surface area contributed by atoms with Gasteiger partial charge in [0, 0.05) is 11.0 Å². The van der Waals surface area contributed by atoms with E-state index in [2.05, 4.69) is 5.92 Å². The zero-order valence-corrected chi connectivity index (χ0v) is 22.7. The molecule has 0 spiro atoms. The second-order valence-corrected chi connectivity index (χ2v) is 10.7. The Morgan fingerprint density at radius 2 is 1.90 bits per heavy atom. The molecule has 0 heterocycles. The van der Waals surface area contributed by atoms with E-state index in [0.717, 1.165) is 35.1 Å². The van der Waals surface area contributed by atoms with E-state index in [1.165, 1.54) is 6.07 Å². The number of hydrogen-bond donors (Lipinski definition) is 1. The Balaban J connectivity index is 1.62. The number of carboxylic acid groups (broad SMARTS) is 1. The van der Waals surface area contributed by atoms with Crippen molar-refractivity contribution >= 4 is 5.97 Å². The Labute approximate surface area is 229 Å². The van der Waals surface area contributed by atoms with Gasteiger partial charge in [-0.3, -0.25) is 4.79 Å². The third kappa shape index (κ3) is 7.19. The third-order valence-electron chi connectivity index (χ3n) is 7.20. The van der Waals surface area contributed by atoms with Gasteiger partial charge in [-0.2, -0.15) is 0 Å². The molecule has 0 bridgehead atoms. The lowest BCUT2D eigenvalue weighted by Crippen LogP contribution is -2.26.